The minimum absolute atomic E-state index is 0.176. The highest BCUT2D eigenvalue weighted by atomic mass is 19.4. The number of carboxylic acids is 1. The van der Waals surface area contributed by atoms with Crippen LogP contribution in [0.25, 0.3) is 0 Å². The molecular formula is C11H14F3N3O4. The van der Waals surface area contributed by atoms with Crippen LogP contribution in [0.1, 0.15) is 24.5 Å². The van der Waals surface area contributed by atoms with E-state index < -0.39 is 34.4 Å². The van der Waals surface area contributed by atoms with Gasteiger partial charge in [0, 0.05) is 12.2 Å². The molecule has 0 aromatic carbocycles. The molecule has 0 saturated heterocycles. The van der Waals surface area contributed by atoms with E-state index in [0.717, 1.165) is 6.92 Å². The Bertz CT molecular complexity index is 573. The number of ether oxygens (including phenoxy) is 1. The zero-order valence-electron chi connectivity index (χ0n) is 11.0. The summed E-state index contributed by atoms with van der Waals surface area (Å²) >= 11 is 0. The standard InChI is InChI=1S/C11H14F3N3O4/c1-10(9(19)20,21-4-2-3-15)6-5-16-17-8(18)7(6)11(12,13)14/h5H,2-4,15H2,1H3,(H,17,18)(H,19,20). The maximum atomic E-state index is 13.0. The third kappa shape index (κ3) is 3.58. The van der Waals surface area contributed by atoms with Crippen LogP contribution < -0.4 is 11.3 Å². The van der Waals surface area contributed by atoms with E-state index in [1.807, 2.05) is 0 Å². The molecule has 1 unspecified atom stereocenters. The topological polar surface area (TPSA) is 118 Å². The van der Waals surface area contributed by atoms with Crippen LogP contribution in [0.5, 0.6) is 0 Å². The Morgan fingerprint density at radius 2 is 2.14 bits per heavy atom. The zero-order valence-corrected chi connectivity index (χ0v) is 11.0. The molecule has 0 aliphatic carbocycles. The van der Waals surface area contributed by atoms with Crippen LogP contribution in [-0.4, -0.2) is 34.4 Å². The third-order valence-electron chi connectivity index (χ3n) is 2.80. The second kappa shape index (κ2) is 6.22. The Kier molecular flexibility index (Phi) is 5.07. The van der Waals surface area contributed by atoms with Crippen molar-refractivity contribution in [3.05, 3.63) is 27.7 Å². The van der Waals surface area contributed by atoms with Gasteiger partial charge in [-0.05, 0) is 19.9 Å². The molecule has 0 amide bonds. The van der Waals surface area contributed by atoms with Crippen molar-refractivity contribution in [2.75, 3.05) is 13.2 Å². The number of alkyl halides is 3. The largest absolute Gasteiger partial charge is 0.479 e. The number of aliphatic carboxylic acids is 1. The lowest BCUT2D eigenvalue weighted by molar-refractivity contribution is -0.168. The summed E-state index contributed by atoms with van der Waals surface area (Å²) in [4.78, 5) is 22.7. The molecule has 4 N–H and O–H groups in total. The van der Waals surface area contributed by atoms with Crippen molar-refractivity contribution in [2.45, 2.75) is 25.1 Å². The molecule has 1 heterocycles. The molecule has 0 saturated carbocycles. The first-order valence-corrected chi connectivity index (χ1v) is 5.87. The molecule has 21 heavy (non-hydrogen) atoms. The molecule has 1 atom stereocenters. The quantitative estimate of drug-likeness (QED) is 0.657. The van der Waals surface area contributed by atoms with Crippen LogP contribution in [0.4, 0.5) is 13.2 Å². The van der Waals surface area contributed by atoms with E-state index in [2.05, 4.69) is 5.10 Å². The van der Waals surface area contributed by atoms with Crippen molar-refractivity contribution in [3.8, 4) is 0 Å². The maximum absolute atomic E-state index is 13.0. The lowest BCUT2D eigenvalue weighted by Gasteiger charge is -2.27. The average molecular weight is 309 g/mol. The van der Waals surface area contributed by atoms with Crippen molar-refractivity contribution < 1.29 is 27.8 Å². The first-order chi connectivity index (χ1) is 9.64. The lowest BCUT2D eigenvalue weighted by Crippen LogP contribution is -2.41. The van der Waals surface area contributed by atoms with Crippen LogP contribution in [-0.2, 0) is 21.3 Å². The van der Waals surface area contributed by atoms with Crippen molar-refractivity contribution in [3.63, 3.8) is 0 Å². The number of nitrogens with zero attached hydrogens (tertiary/aromatic N) is 1. The predicted octanol–water partition coefficient (Wildman–Crippen LogP) is 0.454. The summed E-state index contributed by atoms with van der Waals surface area (Å²) in [5.74, 6) is -1.67. The molecule has 0 radical (unpaired) electrons. The number of hydrogen-bond donors (Lipinski definition) is 3. The molecule has 7 nitrogen and oxygen atoms in total. The second-order valence-electron chi connectivity index (χ2n) is 4.31. The summed E-state index contributed by atoms with van der Waals surface area (Å²) in [6, 6.07) is 0. The fourth-order valence-electron chi connectivity index (χ4n) is 1.66. The van der Waals surface area contributed by atoms with Gasteiger partial charge in [0.2, 0.25) is 0 Å². The second-order valence-corrected chi connectivity index (χ2v) is 4.31. The fraction of sp³-hybridized carbons (Fsp3) is 0.545. The molecule has 0 spiro atoms. The van der Waals surface area contributed by atoms with Crippen LogP contribution in [0.15, 0.2) is 11.0 Å². The highest BCUT2D eigenvalue weighted by Gasteiger charge is 2.47. The number of rotatable bonds is 6. The minimum Gasteiger partial charge on any atom is -0.479 e. The van der Waals surface area contributed by atoms with Gasteiger partial charge in [0.25, 0.3) is 5.56 Å². The van der Waals surface area contributed by atoms with Crippen molar-refractivity contribution in [1.82, 2.24) is 10.2 Å². The molecule has 118 valence electrons. The van der Waals surface area contributed by atoms with Crippen molar-refractivity contribution in [1.29, 1.82) is 0 Å². The maximum Gasteiger partial charge on any atom is 0.422 e. The van der Waals surface area contributed by atoms with Crippen LogP contribution in [0, 0.1) is 0 Å². The third-order valence-corrected chi connectivity index (χ3v) is 2.80. The number of carboxylic acid groups (broad SMARTS) is 1. The van der Waals surface area contributed by atoms with E-state index in [1.165, 1.54) is 0 Å². The van der Waals surface area contributed by atoms with Crippen LogP contribution in [0.2, 0.25) is 0 Å². The van der Waals surface area contributed by atoms with Gasteiger partial charge in [-0.2, -0.15) is 18.3 Å². The van der Waals surface area contributed by atoms with E-state index >= 15 is 0 Å². The number of aromatic nitrogens is 2. The summed E-state index contributed by atoms with van der Waals surface area (Å²) in [7, 11) is 0. The fourth-order valence-corrected chi connectivity index (χ4v) is 1.66. The van der Waals surface area contributed by atoms with Gasteiger partial charge in [-0.15, -0.1) is 0 Å². The normalized spacial score (nSPS) is 14.7. The molecule has 0 bridgehead atoms. The first-order valence-electron chi connectivity index (χ1n) is 5.87. The highest BCUT2D eigenvalue weighted by molar-refractivity contribution is 5.79. The van der Waals surface area contributed by atoms with Crippen LogP contribution in [0.3, 0.4) is 0 Å². The Balaban J connectivity index is 3.43. The number of aromatic amines is 1. The minimum atomic E-state index is -5.04. The van der Waals surface area contributed by atoms with E-state index in [-0.39, 0.29) is 19.6 Å². The smallest absolute Gasteiger partial charge is 0.422 e. The molecule has 1 aromatic heterocycles. The monoisotopic (exact) mass is 309 g/mol. The molecule has 0 fully saturated rings. The average Bonchev–Trinajstić information content (AvgIpc) is 2.36. The van der Waals surface area contributed by atoms with E-state index in [1.54, 1.807) is 5.10 Å². The van der Waals surface area contributed by atoms with Gasteiger partial charge >= 0.3 is 12.1 Å². The van der Waals surface area contributed by atoms with E-state index in [0.29, 0.717) is 6.20 Å². The van der Waals surface area contributed by atoms with Gasteiger partial charge < -0.3 is 15.6 Å². The number of H-pyrrole nitrogens is 1. The van der Waals surface area contributed by atoms with Gasteiger partial charge in [-0.25, -0.2) is 9.89 Å². The van der Waals surface area contributed by atoms with Gasteiger partial charge in [-0.3, -0.25) is 4.79 Å². The number of carbonyl (C=O) groups is 1. The summed E-state index contributed by atoms with van der Waals surface area (Å²) < 4.78 is 44.0. The lowest BCUT2D eigenvalue weighted by atomic mass is 9.93. The predicted molar refractivity (Wildman–Crippen MR) is 64.5 cm³/mol. The number of nitrogens with two attached hydrogens (primary N) is 1. The number of halogens is 3. The number of nitrogens with one attached hydrogen (secondary N) is 1. The molecule has 1 aromatic rings. The molecule has 10 heteroatoms. The van der Waals surface area contributed by atoms with Crippen molar-refractivity contribution in [2.24, 2.45) is 5.73 Å². The van der Waals surface area contributed by atoms with Gasteiger partial charge in [0.15, 0.2) is 5.60 Å². The summed E-state index contributed by atoms with van der Waals surface area (Å²) in [6.45, 7) is 0.927. The summed E-state index contributed by atoms with van der Waals surface area (Å²) in [5.41, 5.74) is -1.17. The molecular weight excluding hydrogens is 295 g/mol. The van der Waals surface area contributed by atoms with Gasteiger partial charge in [0.1, 0.15) is 5.56 Å². The molecule has 0 aliphatic heterocycles. The van der Waals surface area contributed by atoms with Gasteiger partial charge in [0.05, 0.1) is 6.20 Å². The van der Waals surface area contributed by atoms with Crippen molar-refractivity contribution >= 4 is 5.97 Å². The number of hydrogen-bond acceptors (Lipinski definition) is 5. The molecule has 1 rings (SSSR count). The Morgan fingerprint density at radius 3 is 2.62 bits per heavy atom. The first kappa shape index (κ1) is 17.1. The SMILES string of the molecule is CC(OCCCN)(C(=O)O)c1cn[nH]c(=O)c1C(F)(F)F. The molecule has 0 aliphatic rings. The van der Waals surface area contributed by atoms with E-state index in [4.69, 9.17) is 10.5 Å². The highest BCUT2D eigenvalue weighted by Crippen LogP contribution is 2.35. The Labute approximate surface area is 116 Å². The summed E-state index contributed by atoms with van der Waals surface area (Å²) in [6.07, 6.45) is -4.17. The Hall–Kier alpha value is -1.94. The Morgan fingerprint density at radius 1 is 1.52 bits per heavy atom. The van der Waals surface area contributed by atoms with Crippen LogP contribution >= 0.6 is 0 Å². The van der Waals surface area contributed by atoms with Gasteiger partial charge in [-0.1, -0.05) is 0 Å². The zero-order chi connectivity index (χ0) is 16.3. The van der Waals surface area contributed by atoms with E-state index in [9.17, 15) is 27.9 Å². The summed E-state index contributed by atoms with van der Waals surface area (Å²) in [5, 5.41) is 14.1.